The van der Waals surface area contributed by atoms with E-state index in [4.69, 9.17) is 9.15 Å². The second-order valence-corrected chi connectivity index (χ2v) is 4.54. The van der Waals surface area contributed by atoms with Crippen LogP contribution in [0.4, 0.5) is 0 Å². The lowest BCUT2D eigenvalue weighted by molar-refractivity contribution is -0.153. The molecule has 1 aromatic heterocycles. The molecular formula is C11H14N2O3. The SMILES string of the molecule is O=C(OCc1nnc(C2CC2)o1)C1CCC1. The predicted octanol–water partition coefficient (Wildman–Crippen LogP) is 1.79. The van der Waals surface area contributed by atoms with Gasteiger partial charge in [0.1, 0.15) is 0 Å². The summed E-state index contributed by atoms with van der Waals surface area (Å²) in [5, 5.41) is 7.79. The van der Waals surface area contributed by atoms with Crippen molar-refractivity contribution in [3.05, 3.63) is 11.8 Å². The minimum Gasteiger partial charge on any atom is -0.455 e. The van der Waals surface area contributed by atoms with Gasteiger partial charge in [0.2, 0.25) is 5.89 Å². The summed E-state index contributed by atoms with van der Waals surface area (Å²) in [5.41, 5.74) is 0. The molecule has 0 spiro atoms. The molecule has 5 nitrogen and oxygen atoms in total. The van der Waals surface area contributed by atoms with Gasteiger partial charge in [-0.1, -0.05) is 6.42 Å². The largest absolute Gasteiger partial charge is 0.455 e. The van der Waals surface area contributed by atoms with Gasteiger partial charge in [-0.05, 0) is 25.7 Å². The zero-order valence-electron chi connectivity index (χ0n) is 9.02. The van der Waals surface area contributed by atoms with E-state index in [1.165, 1.54) is 0 Å². The highest BCUT2D eigenvalue weighted by molar-refractivity contribution is 5.73. The van der Waals surface area contributed by atoms with Crippen LogP contribution in [0.2, 0.25) is 0 Å². The third-order valence-corrected chi connectivity index (χ3v) is 3.19. The number of carbonyl (C=O) groups excluding carboxylic acids is 1. The van der Waals surface area contributed by atoms with Gasteiger partial charge in [-0.25, -0.2) is 0 Å². The second-order valence-electron chi connectivity index (χ2n) is 4.54. The van der Waals surface area contributed by atoms with E-state index >= 15 is 0 Å². The number of carbonyl (C=O) groups is 1. The highest BCUT2D eigenvalue weighted by atomic mass is 16.5. The minimum absolute atomic E-state index is 0.103. The second kappa shape index (κ2) is 3.88. The third kappa shape index (κ3) is 1.94. The van der Waals surface area contributed by atoms with E-state index in [1.807, 2.05) is 0 Å². The van der Waals surface area contributed by atoms with Crippen LogP contribution in [0.15, 0.2) is 4.42 Å². The highest BCUT2D eigenvalue weighted by Crippen LogP contribution is 2.39. The molecule has 0 atom stereocenters. The summed E-state index contributed by atoms with van der Waals surface area (Å²) in [6, 6.07) is 0. The lowest BCUT2D eigenvalue weighted by atomic mass is 9.86. The van der Waals surface area contributed by atoms with Crippen molar-refractivity contribution in [3.63, 3.8) is 0 Å². The molecule has 2 saturated carbocycles. The van der Waals surface area contributed by atoms with Gasteiger partial charge in [0.25, 0.3) is 5.89 Å². The Morgan fingerprint density at radius 3 is 2.75 bits per heavy atom. The molecule has 2 aliphatic carbocycles. The predicted molar refractivity (Wildman–Crippen MR) is 53.4 cm³/mol. The van der Waals surface area contributed by atoms with Crippen LogP contribution in [0.1, 0.15) is 49.8 Å². The van der Waals surface area contributed by atoms with Crippen LogP contribution >= 0.6 is 0 Å². The number of nitrogens with zero attached hydrogens (tertiary/aromatic N) is 2. The first kappa shape index (κ1) is 9.81. The number of esters is 1. The number of hydrogen-bond donors (Lipinski definition) is 0. The molecule has 0 aliphatic heterocycles. The maximum atomic E-state index is 11.4. The molecule has 0 radical (unpaired) electrons. The van der Waals surface area contributed by atoms with Gasteiger partial charge in [0.15, 0.2) is 6.61 Å². The minimum atomic E-state index is -0.127. The number of hydrogen-bond acceptors (Lipinski definition) is 5. The smallest absolute Gasteiger partial charge is 0.309 e. The van der Waals surface area contributed by atoms with Crippen molar-refractivity contribution in [2.75, 3.05) is 0 Å². The normalized spacial score (nSPS) is 20.5. The van der Waals surface area contributed by atoms with Gasteiger partial charge in [0, 0.05) is 5.92 Å². The van der Waals surface area contributed by atoms with Crippen LogP contribution in [-0.4, -0.2) is 16.2 Å². The average molecular weight is 222 g/mol. The highest BCUT2D eigenvalue weighted by Gasteiger charge is 2.30. The molecular weight excluding hydrogens is 208 g/mol. The molecule has 0 saturated heterocycles. The molecule has 5 heteroatoms. The van der Waals surface area contributed by atoms with E-state index in [1.54, 1.807) is 0 Å². The monoisotopic (exact) mass is 222 g/mol. The molecule has 0 unspecified atom stereocenters. The van der Waals surface area contributed by atoms with E-state index < -0.39 is 0 Å². The van der Waals surface area contributed by atoms with Gasteiger partial charge < -0.3 is 9.15 Å². The summed E-state index contributed by atoms with van der Waals surface area (Å²) >= 11 is 0. The standard InChI is InChI=1S/C11H14N2O3/c14-11(8-2-1-3-8)15-6-9-12-13-10(16-9)7-4-5-7/h7-8H,1-6H2. The summed E-state index contributed by atoms with van der Waals surface area (Å²) in [6.45, 7) is 0.120. The van der Waals surface area contributed by atoms with Crippen molar-refractivity contribution in [2.45, 2.75) is 44.6 Å². The molecule has 0 aromatic carbocycles. The Labute approximate surface area is 93.2 Å². The van der Waals surface area contributed by atoms with Crippen molar-refractivity contribution < 1.29 is 13.9 Å². The average Bonchev–Trinajstić information content (AvgIpc) is 2.93. The maximum absolute atomic E-state index is 11.4. The molecule has 1 aromatic rings. The first-order valence-corrected chi connectivity index (χ1v) is 5.82. The lowest BCUT2D eigenvalue weighted by Gasteiger charge is -2.22. The molecule has 2 aliphatic rings. The molecule has 0 bridgehead atoms. The molecule has 0 N–H and O–H groups in total. The lowest BCUT2D eigenvalue weighted by Crippen LogP contribution is -2.23. The van der Waals surface area contributed by atoms with Crippen LogP contribution in [0.3, 0.4) is 0 Å². The molecule has 2 fully saturated rings. The fraction of sp³-hybridized carbons (Fsp3) is 0.727. The summed E-state index contributed by atoms with van der Waals surface area (Å²) < 4.78 is 10.5. The van der Waals surface area contributed by atoms with Crippen molar-refractivity contribution in [1.82, 2.24) is 10.2 Å². The summed E-state index contributed by atoms with van der Waals surface area (Å²) in [6.07, 6.45) is 5.30. The Bertz CT molecular complexity index is 394. The first-order chi connectivity index (χ1) is 7.83. The van der Waals surface area contributed by atoms with E-state index in [9.17, 15) is 4.79 Å². The van der Waals surface area contributed by atoms with Crippen molar-refractivity contribution >= 4 is 5.97 Å². The third-order valence-electron chi connectivity index (χ3n) is 3.19. The van der Waals surface area contributed by atoms with E-state index in [2.05, 4.69) is 10.2 Å². The van der Waals surface area contributed by atoms with E-state index in [-0.39, 0.29) is 18.5 Å². The fourth-order valence-corrected chi connectivity index (χ4v) is 1.71. The topological polar surface area (TPSA) is 65.2 Å². The van der Waals surface area contributed by atoms with Crippen LogP contribution in [0.5, 0.6) is 0 Å². The Morgan fingerprint density at radius 1 is 1.31 bits per heavy atom. The fourth-order valence-electron chi connectivity index (χ4n) is 1.71. The first-order valence-electron chi connectivity index (χ1n) is 5.82. The summed E-state index contributed by atoms with van der Waals surface area (Å²) in [5.74, 6) is 1.52. The molecule has 16 heavy (non-hydrogen) atoms. The zero-order chi connectivity index (χ0) is 11.0. The van der Waals surface area contributed by atoms with Gasteiger partial charge in [-0.15, -0.1) is 10.2 Å². The van der Waals surface area contributed by atoms with Gasteiger partial charge >= 0.3 is 5.97 Å². The van der Waals surface area contributed by atoms with E-state index in [0.717, 1.165) is 32.1 Å². The summed E-state index contributed by atoms with van der Waals surface area (Å²) in [4.78, 5) is 11.4. The van der Waals surface area contributed by atoms with Crippen LogP contribution in [0, 0.1) is 5.92 Å². The quantitative estimate of drug-likeness (QED) is 0.726. The summed E-state index contributed by atoms with van der Waals surface area (Å²) in [7, 11) is 0. The van der Waals surface area contributed by atoms with Crippen molar-refractivity contribution in [3.8, 4) is 0 Å². The Kier molecular flexibility index (Phi) is 2.38. The van der Waals surface area contributed by atoms with Crippen LogP contribution < -0.4 is 0 Å². The Balaban J connectivity index is 1.51. The Morgan fingerprint density at radius 2 is 2.12 bits per heavy atom. The van der Waals surface area contributed by atoms with Crippen molar-refractivity contribution in [2.24, 2.45) is 5.92 Å². The zero-order valence-corrected chi connectivity index (χ0v) is 9.02. The number of ether oxygens (including phenoxy) is 1. The van der Waals surface area contributed by atoms with Gasteiger partial charge in [-0.2, -0.15) is 0 Å². The van der Waals surface area contributed by atoms with Crippen LogP contribution in [0.25, 0.3) is 0 Å². The molecule has 1 heterocycles. The van der Waals surface area contributed by atoms with Gasteiger partial charge in [0.05, 0.1) is 5.92 Å². The van der Waals surface area contributed by atoms with Crippen molar-refractivity contribution in [1.29, 1.82) is 0 Å². The molecule has 86 valence electrons. The molecule has 0 amide bonds. The Hall–Kier alpha value is -1.39. The van der Waals surface area contributed by atoms with Crippen LogP contribution in [-0.2, 0) is 16.1 Å². The van der Waals surface area contributed by atoms with Gasteiger partial charge in [-0.3, -0.25) is 4.79 Å². The maximum Gasteiger partial charge on any atom is 0.309 e. The number of aromatic nitrogens is 2. The van der Waals surface area contributed by atoms with E-state index in [0.29, 0.717) is 17.7 Å². The number of rotatable bonds is 4. The molecule has 3 rings (SSSR count).